The summed E-state index contributed by atoms with van der Waals surface area (Å²) in [5.74, 6) is 1.08. The number of aromatic nitrogens is 1. The van der Waals surface area contributed by atoms with Crippen LogP contribution in [0.1, 0.15) is 31.0 Å². The van der Waals surface area contributed by atoms with Gasteiger partial charge in [0.2, 0.25) is 0 Å². The van der Waals surface area contributed by atoms with Crippen molar-refractivity contribution in [3.8, 4) is 0 Å². The van der Waals surface area contributed by atoms with E-state index in [4.69, 9.17) is 0 Å². The highest BCUT2D eigenvalue weighted by atomic mass is 15.2. The van der Waals surface area contributed by atoms with Crippen LogP contribution in [-0.4, -0.2) is 50.7 Å². The number of aryl methyl sites for hydroxylation is 1. The summed E-state index contributed by atoms with van der Waals surface area (Å²) in [6, 6.07) is 4.37. The van der Waals surface area contributed by atoms with Crippen molar-refractivity contribution in [1.82, 2.24) is 15.2 Å². The molecule has 0 saturated carbocycles. The van der Waals surface area contributed by atoms with Crippen LogP contribution in [0.15, 0.2) is 12.1 Å². The third-order valence-corrected chi connectivity index (χ3v) is 3.25. The molecule has 20 heavy (non-hydrogen) atoms. The van der Waals surface area contributed by atoms with Crippen LogP contribution in [0.25, 0.3) is 0 Å². The summed E-state index contributed by atoms with van der Waals surface area (Å²) < 4.78 is 0. The van der Waals surface area contributed by atoms with Gasteiger partial charge in [0.05, 0.1) is 0 Å². The summed E-state index contributed by atoms with van der Waals surface area (Å²) in [6.07, 6.45) is 2.32. The van der Waals surface area contributed by atoms with Gasteiger partial charge in [0.1, 0.15) is 5.82 Å². The molecule has 114 valence electrons. The van der Waals surface area contributed by atoms with Gasteiger partial charge in [-0.05, 0) is 64.6 Å². The van der Waals surface area contributed by atoms with Crippen LogP contribution in [0, 0.1) is 6.92 Å². The number of nitrogens with one attached hydrogen (secondary N) is 1. The van der Waals surface area contributed by atoms with Gasteiger partial charge in [-0.1, -0.05) is 6.92 Å². The summed E-state index contributed by atoms with van der Waals surface area (Å²) in [5, 5.41) is 3.45. The van der Waals surface area contributed by atoms with Crippen LogP contribution < -0.4 is 10.2 Å². The van der Waals surface area contributed by atoms with Crippen molar-refractivity contribution in [3.63, 3.8) is 0 Å². The van der Waals surface area contributed by atoms with Crippen LogP contribution in [0.2, 0.25) is 0 Å². The molecule has 0 aliphatic carbocycles. The van der Waals surface area contributed by atoms with Gasteiger partial charge in [0.25, 0.3) is 0 Å². The zero-order chi connectivity index (χ0) is 15.0. The molecule has 0 aliphatic heterocycles. The van der Waals surface area contributed by atoms with E-state index in [-0.39, 0.29) is 0 Å². The highest BCUT2D eigenvalue weighted by molar-refractivity contribution is 5.41. The van der Waals surface area contributed by atoms with Gasteiger partial charge in [0.15, 0.2) is 0 Å². The maximum Gasteiger partial charge on any atom is 0.128 e. The lowest BCUT2D eigenvalue weighted by molar-refractivity contribution is 0.401. The average Bonchev–Trinajstić information content (AvgIpc) is 2.38. The minimum atomic E-state index is 0.926. The molecule has 1 aromatic heterocycles. The van der Waals surface area contributed by atoms with Gasteiger partial charge in [-0.25, -0.2) is 4.98 Å². The van der Waals surface area contributed by atoms with E-state index < -0.39 is 0 Å². The summed E-state index contributed by atoms with van der Waals surface area (Å²) in [7, 11) is 6.35. The smallest absolute Gasteiger partial charge is 0.128 e. The summed E-state index contributed by atoms with van der Waals surface area (Å²) in [6.45, 7) is 8.40. The summed E-state index contributed by atoms with van der Waals surface area (Å²) >= 11 is 0. The Kier molecular flexibility index (Phi) is 7.55. The molecule has 1 aromatic rings. The minimum Gasteiger partial charge on any atom is -0.360 e. The third kappa shape index (κ3) is 6.35. The average molecular weight is 278 g/mol. The predicted molar refractivity (Wildman–Crippen MR) is 87.4 cm³/mol. The van der Waals surface area contributed by atoms with E-state index in [0.29, 0.717) is 0 Å². The van der Waals surface area contributed by atoms with E-state index in [2.05, 4.69) is 67.2 Å². The van der Waals surface area contributed by atoms with Crippen LogP contribution in [0.5, 0.6) is 0 Å². The van der Waals surface area contributed by atoms with Crippen molar-refractivity contribution < 1.29 is 0 Å². The first-order valence-electron chi connectivity index (χ1n) is 7.57. The van der Waals surface area contributed by atoms with E-state index in [9.17, 15) is 0 Å². The van der Waals surface area contributed by atoms with Gasteiger partial charge in [-0.3, -0.25) is 0 Å². The largest absolute Gasteiger partial charge is 0.360 e. The lowest BCUT2D eigenvalue weighted by Gasteiger charge is -2.20. The number of pyridine rings is 1. The van der Waals surface area contributed by atoms with Gasteiger partial charge >= 0.3 is 0 Å². The summed E-state index contributed by atoms with van der Waals surface area (Å²) in [5.41, 5.74) is 2.41. The molecule has 0 fully saturated rings. The molecule has 1 heterocycles. The quantitative estimate of drug-likeness (QED) is 0.702. The zero-order valence-corrected chi connectivity index (χ0v) is 13.7. The van der Waals surface area contributed by atoms with Crippen LogP contribution >= 0.6 is 0 Å². The highest BCUT2D eigenvalue weighted by Gasteiger charge is 2.05. The van der Waals surface area contributed by atoms with E-state index in [1.54, 1.807) is 0 Å². The molecule has 1 N–H and O–H groups in total. The summed E-state index contributed by atoms with van der Waals surface area (Å²) in [4.78, 5) is 9.11. The Morgan fingerprint density at radius 1 is 1.15 bits per heavy atom. The Labute approximate surface area is 124 Å². The van der Waals surface area contributed by atoms with Crippen LogP contribution in [0.3, 0.4) is 0 Å². The lowest BCUT2D eigenvalue weighted by atomic mass is 10.2. The van der Waals surface area contributed by atoms with Crippen molar-refractivity contribution in [3.05, 3.63) is 23.4 Å². The van der Waals surface area contributed by atoms with Gasteiger partial charge in [-0.15, -0.1) is 0 Å². The van der Waals surface area contributed by atoms with Crippen molar-refractivity contribution in [2.24, 2.45) is 0 Å². The fourth-order valence-electron chi connectivity index (χ4n) is 2.17. The maximum absolute atomic E-state index is 4.64. The van der Waals surface area contributed by atoms with Crippen molar-refractivity contribution in [1.29, 1.82) is 0 Å². The molecule has 0 amide bonds. The molecule has 0 aromatic carbocycles. The molecule has 4 heteroatoms. The Morgan fingerprint density at radius 3 is 2.55 bits per heavy atom. The Morgan fingerprint density at radius 2 is 1.90 bits per heavy atom. The lowest BCUT2D eigenvalue weighted by Crippen LogP contribution is -2.24. The number of anilines is 1. The first kappa shape index (κ1) is 16.9. The fourth-order valence-corrected chi connectivity index (χ4v) is 2.17. The molecule has 0 unspecified atom stereocenters. The fraction of sp³-hybridized carbons (Fsp3) is 0.688. The molecule has 0 saturated heterocycles. The highest BCUT2D eigenvalue weighted by Crippen LogP contribution is 2.14. The number of hydrogen-bond donors (Lipinski definition) is 1. The van der Waals surface area contributed by atoms with Crippen molar-refractivity contribution in [2.45, 2.75) is 33.2 Å². The molecule has 0 radical (unpaired) electrons. The number of hydrogen-bond acceptors (Lipinski definition) is 4. The standard InChI is InChI=1S/C16H30N4/c1-6-8-17-13-15-11-14(2)18-16(12-15)20(5)10-7-9-19(3)4/h11-12,17H,6-10,13H2,1-5H3. The molecule has 0 atom stereocenters. The van der Waals surface area contributed by atoms with Crippen molar-refractivity contribution >= 4 is 5.82 Å². The number of rotatable bonds is 9. The zero-order valence-electron chi connectivity index (χ0n) is 13.7. The normalized spacial score (nSPS) is 11.1. The molecule has 1 rings (SSSR count). The molecular weight excluding hydrogens is 248 g/mol. The molecule has 0 spiro atoms. The van der Waals surface area contributed by atoms with E-state index in [0.717, 1.165) is 44.1 Å². The van der Waals surface area contributed by atoms with Gasteiger partial charge in [-0.2, -0.15) is 0 Å². The Balaban J connectivity index is 2.59. The van der Waals surface area contributed by atoms with E-state index in [1.165, 1.54) is 12.0 Å². The number of nitrogens with zero attached hydrogens (tertiary/aromatic N) is 3. The molecular formula is C16H30N4. The second-order valence-corrected chi connectivity index (χ2v) is 5.73. The second-order valence-electron chi connectivity index (χ2n) is 5.73. The molecule has 4 nitrogen and oxygen atoms in total. The Hall–Kier alpha value is -1.13. The van der Waals surface area contributed by atoms with Crippen LogP contribution in [-0.2, 0) is 6.54 Å². The minimum absolute atomic E-state index is 0.926. The second kappa shape index (κ2) is 8.93. The SMILES string of the molecule is CCCNCc1cc(C)nc(N(C)CCCN(C)C)c1. The predicted octanol–water partition coefficient (Wildman–Crippen LogP) is 2.28. The van der Waals surface area contributed by atoms with Gasteiger partial charge < -0.3 is 15.1 Å². The monoisotopic (exact) mass is 278 g/mol. The van der Waals surface area contributed by atoms with E-state index in [1.807, 2.05) is 0 Å². The van der Waals surface area contributed by atoms with Crippen LogP contribution in [0.4, 0.5) is 5.82 Å². The molecule has 0 aliphatic rings. The Bertz CT molecular complexity index is 390. The van der Waals surface area contributed by atoms with Gasteiger partial charge in [0, 0.05) is 25.8 Å². The first-order valence-corrected chi connectivity index (χ1v) is 7.57. The molecule has 0 bridgehead atoms. The van der Waals surface area contributed by atoms with E-state index >= 15 is 0 Å². The topological polar surface area (TPSA) is 31.4 Å². The van der Waals surface area contributed by atoms with Crippen molar-refractivity contribution in [2.75, 3.05) is 45.7 Å². The third-order valence-electron chi connectivity index (χ3n) is 3.25. The first-order chi connectivity index (χ1) is 9.52. The maximum atomic E-state index is 4.64.